The van der Waals surface area contributed by atoms with Crippen molar-refractivity contribution in [3.63, 3.8) is 0 Å². The van der Waals surface area contributed by atoms with Crippen molar-refractivity contribution in [2.24, 2.45) is 5.92 Å². The molecule has 1 N–H and O–H groups in total. The summed E-state index contributed by atoms with van der Waals surface area (Å²) in [6.45, 7) is 1.18. The first-order chi connectivity index (χ1) is 10.5. The van der Waals surface area contributed by atoms with Crippen LogP contribution < -0.4 is 0 Å². The van der Waals surface area contributed by atoms with Gasteiger partial charge in [-0.2, -0.15) is 0 Å². The fraction of sp³-hybridized carbons (Fsp3) is 0.400. The summed E-state index contributed by atoms with van der Waals surface area (Å²) < 4.78 is 1.11. The summed E-state index contributed by atoms with van der Waals surface area (Å²) in [5, 5.41) is 9.85. The second-order valence-electron chi connectivity index (χ2n) is 5.48. The minimum absolute atomic E-state index is 0.0111. The summed E-state index contributed by atoms with van der Waals surface area (Å²) >= 11 is 1.58. The number of hydrogen-bond donors (Lipinski definition) is 1. The van der Waals surface area contributed by atoms with Crippen LogP contribution in [0.5, 0.6) is 0 Å². The molecule has 0 radical (unpaired) electrons. The van der Waals surface area contributed by atoms with Gasteiger partial charge in [0.1, 0.15) is 5.01 Å². The Hall–Kier alpha value is -2.15. The molecule has 0 spiro atoms. The highest BCUT2D eigenvalue weighted by Crippen LogP contribution is 2.24. The number of likely N-dealkylation sites (tertiary alicyclic amines) is 1. The zero-order valence-electron chi connectivity index (χ0n) is 12.2. The van der Waals surface area contributed by atoms with E-state index in [0.717, 1.165) is 15.2 Å². The van der Waals surface area contributed by atoms with Crippen molar-refractivity contribution in [1.29, 1.82) is 0 Å². The number of fused-ring (bicyclic) bond motifs is 1. The van der Waals surface area contributed by atoms with Crippen LogP contribution in [0.4, 0.5) is 4.79 Å². The number of benzene rings is 1. The predicted molar refractivity (Wildman–Crippen MR) is 83.8 cm³/mol. The van der Waals surface area contributed by atoms with E-state index in [1.807, 2.05) is 24.3 Å². The molecule has 2 heterocycles. The number of rotatable bonds is 3. The van der Waals surface area contributed by atoms with Crippen LogP contribution in [-0.2, 0) is 11.3 Å². The van der Waals surface area contributed by atoms with Gasteiger partial charge in [0.15, 0.2) is 0 Å². The molecule has 0 bridgehead atoms. The largest absolute Gasteiger partial charge is 0.465 e. The maximum Gasteiger partial charge on any atom is 0.407 e. The number of nitrogens with zero attached hydrogens (tertiary/aromatic N) is 3. The number of hydrogen-bond acceptors (Lipinski definition) is 4. The van der Waals surface area contributed by atoms with E-state index in [9.17, 15) is 9.59 Å². The number of para-hydroxylation sites is 1. The molecule has 7 heteroatoms. The molecule has 0 saturated carbocycles. The maximum atomic E-state index is 12.4. The average molecular weight is 319 g/mol. The third-order valence-corrected chi connectivity index (χ3v) is 4.92. The molecule has 116 valence electrons. The molecule has 1 atom stereocenters. The van der Waals surface area contributed by atoms with Gasteiger partial charge in [-0.15, -0.1) is 11.3 Å². The first kappa shape index (κ1) is 14.8. The van der Waals surface area contributed by atoms with Crippen LogP contribution in [-0.4, -0.2) is 52.0 Å². The molecule has 6 nitrogen and oxygen atoms in total. The Labute approximate surface area is 132 Å². The zero-order valence-corrected chi connectivity index (χ0v) is 13.0. The minimum Gasteiger partial charge on any atom is -0.465 e. The normalized spacial score (nSPS) is 17.9. The van der Waals surface area contributed by atoms with E-state index in [-0.39, 0.29) is 11.8 Å². The lowest BCUT2D eigenvalue weighted by Gasteiger charge is -2.20. The molecule has 2 amide bonds. The van der Waals surface area contributed by atoms with Crippen molar-refractivity contribution in [2.45, 2.75) is 13.0 Å². The van der Waals surface area contributed by atoms with Crippen LogP contribution in [0.2, 0.25) is 0 Å². The first-order valence-corrected chi connectivity index (χ1v) is 7.93. The van der Waals surface area contributed by atoms with Crippen LogP contribution in [0.1, 0.15) is 11.4 Å². The Morgan fingerprint density at radius 2 is 2.23 bits per heavy atom. The van der Waals surface area contributed by atoms with Gasteiger partial charge in [-0.25, -0.2) is 9.78 Å². The van der Waals surface area contributed by atoms with E-state index in [0.29, 0.717) is 26.1 Å². The highest BCUT2D eigenvalue weighted by Gasteiger charge is 2.32. The van der Waals surface area contributed by atoms with E-state index < -0.39 is 6.09 Å². The molecule has 1 aliphatic heterocycles. The third-order valence-electron chi connectivity index (χ3n) is 3.89. The second kappa shape index (κ2) is 5.92. The molecule has 1 aromatic carbocycles. The number of carboxylic acid groups (broad SMARTS) is 1. The summed E-state index contributed by atoms with van der Waals surface area (Å²) in [6, 6.07) is 7.89. The molecule has 1 saturated heterocycles. The van der Waals surface area contributed by atoms with Crippen molar-refractivity contribution < 1.29 is 14.7 Å². The first-order valence-electron chi connectivity index (χ1n) is 7.12. The van der Waals surface area contributed by atoms with E-state index in [1.165, 1.54) is 4.90 Å². The monoisotopic (exact) mass is 319 g/mol. The molecule has 22 heavy (non-hydrogen) atoms. The van der Waals surface area contributed by atoms with Crippen molar-refractivity contribution >= 4 is 33.6 Å². The molecular weight excluding hydrogens is 302 g/mol. The molecule has 1 fully saturated rings. The Balaban J connectivity index is 1.65. The van der Waals surface area contributed by atoms with Gasteiger partial charge in [0.25, 0.3) is 0 Å². The third kappa shape index (κ3) is 2.89. The SMILES string of the molecule is CN(Cc1nc2ccccc2s1)C(=O)C1CCN(C(=O)O)C1. The van der Waals surface area contributed by atoms with Crippen LogP contribution in [0.15, 0.2) is 24.3 Å². The van der Waals surface area contributed by atoms with E-state index in [1.54, 1.807) is 23.3 Å². The average Bonchev–Trinajstić information content (AvgIpc) is 3.12. The summed E-state index contributed by atoms with van der Waals surface area (Å²) in [5.41, 5.74) is 0.946. The fourth-order valence-electron chi connectivity index (χ4n) is 2.72. The molecule has 1 unspecified atom stereocenters. The molecule has 0 aliphatic carbocycles. The summed E-state index contributed by atoms with van der Waals surface area (Å²) in [6.07, 6.45) is -0.362. The van der Waals surface area contributed by atoms with Gasteiger partial charge in [-0.1, -0.05) is 12.1 Å². The molecule has 2 aromatic rings. The van der Waals surface area contributed by atoms with Gasteiger partial charge in [0.05, 0.1) is 22.7 Å². The lowest BCUT2D eigenvalue weighted by Crippen LogP contribution is -2.35. The standard InChI is InChI=1S/C15H17N3O3S/c1-17(14(19)10-6-7-18(8-10)15(20)21)9-13-16-11-4-2-3-5-12(11)22-13/h2-5,10H,6-9H2,1H3,(H,20,21). The van der Waals surface area contributed by atoms with Gasteiger partial charge in [0, 0.05) is 20.1 Å². The quantitative estimate of drug-likeness (QED) is 0.941. The summed E-state index contributed by atoms with van der Waals surface area (Å²) in [7, 11) is 1.75. The molecular formula is C15H17N3O3S. The van der Waals surface area contributed by atoms with Crippen LogP contribution in [0.3, 0.4) is 0 Å². The Morgan fingerprint density at radius 3 is 2.91 bits per heavy atom. The fourth-order valence-corrected chi connectivity index (χ4v) is 3.74. The Bertz CT molecular complexity index is 682. The molecule has 3 rings (SSSR count). The van der Waals surface area contributed by atoms with Crippen molar-refractivity contribution in [3.8, 4) is 0 Å². The Morgan fingerprint density at radius 1 is 1.45 bits per heavy atom. The van der Waals surface area contributed by atoms with Crippen LogP contribution in [0.25, 0.3) is 10.2 Å². The van der Waals surface area contributed by atoms with Gasteiger partial charge in [0.2, 0.25) is 5.91 Å². The number of aromatic nitrogens is 1. The number of carbonyl (C=O) groups is 2. The molecule has 1 aliphatic rings. The van der Waals surface area contributed by atoms with E-state index >= 15 is 0 Å². The number of thiazole rings is 1. The van der Waals surface area contributed by atoms with E-state index in [4.69, 9.17) is 5.11 Å². The smallest absolute Gasteiger partial charge is 0.407 e. The van der Waals surface area contributed by atoms with Gasteiger partial charge >= 0.3 is 6.09 Å². The van der Waals surface area contributed by atoms with E-state index in [2.05, 4.69) is 4.98 Å². The zero-order chi connectivity index (χ0) is 15.7. The molecule has 1 aromatic heterocycles. The van der Waals surface area contributed by atoms with Crippen molar-refractivity contribution in [2.75, 3.05) is 20.1 Å². The highest BCUT2D eigenvalue weighted by atomic mass is 32.1. The Kier molecular flexibility index (Phi) is 3.98. The van der Waals surface area contributed by atoms with Crippen LogP contribution >= 0.6 is 11.3 Å². The van der Waals surface area contributed by atoms with Gasteiger partial charge in [-0.05, 0) is 18.6 Å². The predicted octanol–water partition coefficient (Wildman–Crippen LogP) is 2.25. The summed E-state index contributed by atoms with van der Waals surface area (Å²) in [4.78, 5) is 30.8. The van der Waals surface area contributed by atoms with Crippen LogP contribution in [0, 0.1) is 5.92 Å². The topological polar surface area (TPSA) is 73.7 Å². The van der Waals surface area contributed by atoms with Crippen molar-refractivity contribution in [3.05, 3.63) is 29.3 Å². The highest BCUT2D eigenvalue weighted by molar-refractivity contribution is 7.18. The minimum atomic E-state index is -0.955. The number of carbonyl (C=O) groups excluding carboxylic acids is 1. The maximum absolute atomic E-state index is 12.4. The van der Waals surface area contributed by atoms with Gasteiger partial charge < -0.3 is 14.9 Å². The number of amides is 2. The van der Waals surface area contributed by atoms with Crippen molar-refractivity contribution in [1.82, 2.24) is 14.8 Å². The lowest BCUT2D eigenvalue weighted by atomic mass is 10.1. The second-order valence-corrected chi connectivity index (χ2v) is 6.60. The van der Waals surface area contributed by atoms with Gasteiger partial charge in [-0.3, -0.25) is 4.79 Å². The summed E-state index contributed by atoms with van der Waals surface area (Å²) in [5.74, 6) is -0.251. The lowest BCUT2D eigenvalue weighted by molar-refractivity contribution is -0.134.